The zero-order chi connectivity index (χ0) is 13.2. The summed E-state index contributed by atoms with van der Waals surface area (Å²) in [5.74, 6) is 0. The van der Waals surface area contributed by atoms with Crippen LogP contribution in [0.5, 0.6) is 0 Å². The molecule has 0 aliphatic carbocycles. The highest BCUT2D eigenvalue weighted by atomic mass is 79.9. The van der Waals surface area contributed by atoms with Crippen LogP contribution in [-0.2, 0) is 5.33 Å². The van der Waals surface area contributed by atoms with Crippen LogP contribution < -0.4 is 4.90 Å². The van der Waals surface area contributed by atoms with Crippen LogP contribution in [0, 0.1) is 5.41 Å². The van der Waals surface area contributed by atoms with E-state index >= 15 is 0 Å². The van der Waals surface area contributed by atoms with Crippen molar-refractivity contribution in [1.82, 2.24) is 0 Å². The smallest absolute Gasteiger partial charge is 0.0642 e. The molecule has 0 unspecified atom stereocenters. The maximum absolute atomic E-state index is 6.41. The molecule has 1 aromatic carbocycles. The van der Waals surface area contributed by atoms with Gasteiger partial charge in [-0.15, -0.1) is 0 Å². The summed E-state index contributed by atoms with van der Waals surface area (Å²) < 4.78 is 0. The molecule has 0 bridgehead atoms. The zero-order valence-electron chi connectivity index (χ0n) is 11.2. The molecule has 3 heteroatoms. The van der Waals surface area contributed by atoms with E-state index in [2.05, 4.69) is 52.9 Å². The average Bonchev–Trinajstić information content (AvgIpc) is 2.83. The molecule has 2 rings (SSSR count). The van der Waals surface area contributed by atoms with Crippen LogP contribution in [-0.4, -0.2) is 13.1 Å². The molecule has 0 amide bonds. The first kappa shape index (κ1) is 14.2. The Kier molecular flexibility index (Phi) is 4.60. The van der Waals surface area contributed by atoms with Gasteiger partial charge in [0.25, 0.3) is 0 Å². The third kappa shape index (κ3) is 2.70. The average molecular weight is 331 g/mol. The first-order valence-corrected chi connectivity index (χ1v) is 8.23. The molecule has 1 heterocycles. The summed E-state index contributed by atoms with van der Waals surface area (Å²) in [4.78, 5) is 2.45. The largest absolute Gasteiger partial charge is 0.370 e. The van der Waals surface area contributed by atoms with Gasteiger partial charge >= 0.3 is 0 Å². The molecule has 0 spiro atoms. The highest BCUT2D eigenvalue weighted by Gasteiger charge is 2.35. The monoisotopic (exact) mass is 329 g/mol. The van der Waals surface area contributed by atoms with Crippen molar-refractivity contribution in [1.29, 1.82) is 0 Å². The highest BCUT2D eigenvalue weighted by molar-refractivity contribution is 9.08. The number of halogens is 2. The Morgan fingerprint density at radius 2 is 2.06 bits per heavy atom. The van der Waals surface area contributed by atoms with E-state index in [0.717, 1.165) is 23.4 Å². The van der Waals surface area contributed by atoms with Gasteiger partial charge in [-0.3, -0.25) is 0 Å². The Balaban J connectivity index is 2.19. The van der Waals surface area contributed by atoms with Crippen molar-refractivity contribution < 1.29 is 0 Å². The third-order valence-corrected chi connectivity index (χ3v) is 5.40. The van der Waals surface area contributed by atoms with E-state index in [1.165, 1.54) is 30.5 Å². The molecule has 0 atom stereocenters. The van der Waals surface area contributed by atoms with E-state index in [4.69, 9.17) is 11.6 Å². The van der Waals surface area contributed by atoms with Gasteiger partial charge in [-0.2, -0.15) is 0 Å². The van der Waals surface area contributed by atoms with Gasteiger partial charge in [-0.25, -0.2) is 0 Å². The molecule has 1 aliphatic heterocycles. The molecule has 1 aromatic rings. The first-order valence-electron chi connectivity index (χ1n) is 6.73. The summed E-state index contributed by atoms with van der Waals surface area (Å²) in [5.41, 5.74) is 2.93. The minimum Gasteiger partial charge on any atom is -0.370 e. The van der Waals surface area contributed by atoms with Crippen molar-refractivity contribution in [2.24, 2.45) is 5.41 Å². The molecule has 1 nitrogen and oxygen atoms in total. The lowest BCUT2D eigenvalue weighted by Gasteiger charge is -2.27. The van der Waals surface area contributed by atoms with Crippen LogP contribution in [0.4, 0.5) is 5.69 Å². The number of rotatable bonds is 4. The number of hydrogen-bond acceptors (Lipinski definition) is 1. The molecule has 0 aromatic heterocycles. The van der Waals surface area contributed by atoms with Crippen LogP contribution in [0.3, 0.4) is 0 Å². The minimum absolute atomic E-state index is 0.497. The lowest BCUT2D eigenvalue weighted by atomic mass is 9.82. The van der Waals surface area contributed by atoms with Crippen molar-refractivity contribution in [3.8, 4) is 0 Å². The Bertz CT molecular complexity index is 415. The summed E-state index contributed by atoms with van der Waals surface area (Å²) in [6.07, 6.45) is 3.81. The van der Waals surface area contributed by atoms with Crippen molar-refractivity contribution in [2.45, 2.75) is 38.4 Å². The number of nitrogens with zero attached hydrogens (tertiary/aromatic N) is 1. The molecule has 0 saturated carbocycles. The summed E-state index contributed by atoms with van der Waals surface area (Å²) in [7, 11) is 0. The fraction of sp³-hybridized carbons (Fsp3) is 0.600. The molecule has 0 N–H and O–H groups in total. The lowest BCUT2D eigenvalue weighted by molar-refractivity contribution is 0.301. The molecular formula is C15H21BrClN. The molecule has 1 aliphatic rings. The van der Waals surface area contributed by atoms with Gasteiger partial charge in [-0.1, -0.05) is 47.4 Å². The lowest BCUT2D eigenvalue weighted by Crippen LogP contribution is -2.26. The number of benzene rings is 1. The predicted molar refractivity (Wildman–Crippen MR) is 83.9 cm³/mol. The van der Waals surface area contributed by atoms with Crippen molar-refractivity contribution in [3.63, 3.8) is 0 Å². The van der Waals surface area contributed by atoms with Crippen molar-refractivity contribution in [3.05, 3.63) is 28.8 Å². The molecule has 100 valence electrons. The van der Waals surface area contributed by atoms with E-state index in [-0.39, 0.29) is 0 Å². The third-order valence-electron chi connectivity index (χ3n) is 4.45. The van der Waals surface area contributed by atoms with Gasteiger partial charge in [0.05, 0.1) is 10.7 Å². The van der Waals surface area contributed by atoms with Gasteiger partial charge in [0.1, 0.15) is 0 Å². The predicted octanol–water partition coefficient (Wildman–Crippen LogP) is 5.25. The molecule has 18 heavy (non-hydrogen) atoms. The maximum atomic E-state index is 6.41. The Labute approximate surface area is 124 Å². The number of hydrogen-bond donors (Lipinski definition) is 0. The zero-order valence-corrected chi connectivity index (χ0v) is 13.5. The number of anilines is 1. The standard InChI is InChI=1S/C15H21BrClN/c1-3-15(4-2)7-8-18(11-15)14-6-5-12(10-16)9-13(14)17/h5-6,9H,3-4,7-8,10-11H2,1-2H3. The molecule has 1 saturated heterocycles. The fourth-order valence-corrected chi connectivity index (χ4v) is 3.53. The van der Waals surface area contributed by atoms with Gasteiger partial charge in [-0.05, 0) is 42.4 Å². The van der Waals surface area contributed by atoms with Gasteiger partial charge in [0.15, 0.2) is 0 Å². The summed E-state index contributed by atoms with van der Waals surface area (Å²) in [5, 5.41) is 1.75. The second-order valence-corrected chi connectivity index (χ2v) is 6.27. The molecular weight excluding hydrogens is 310 g/mol. The van der Waals surface area contributed by atoms with E-state index in [1.54, 1.807) is 0 Å². The van der Waals surface area contributed by atoms with Crippen LogP contribution in [0.25, 0.3) is 0 Å². The van der Waals surface area contributed by atoms with E-state index in [0.29, 0.717) is 5.41 Å². The van der Waals surface area contributed by atoms with Crippen LogP contribution >= 0.6 is 27.5 Å². The SMILES string of the molecule is CCC1(CC)CCN(c2ccc(CBr)cc2Cl)C1. The van der Waals surface area contributed by atoms with E-state index in [1.807, 2.05) is 0 Å². The number of alkyl halides is 1. The summed E-state index contributed by atoms with van der Waals surface area (Å²) >= 11 is 9.87. The molecule has 1 fully saturated rings. The maximum Gasteiger partial charge on any atom is 0.0642 e. The first-order chi connectivity index (χ1) is 8.64. The van der Waals surface area contributed by atoms with E-state index in [9.17, 15) is 0 Å². The van der Waals surface area contributed by atoms with Gasteiger partial charge < -0.3 is 4.90 Å². The van der Waals surface area contributed by atoms with Crippen molar-refractivity contribution >= 4 is 33.2 Å². The molecule has 0 radical (unpaired) electrons. The second kappa shape index (κ2) is 5.83. The topological polar surface area (TPSA) is 3.24 Å². The minimum atomic E-state index is 0.497. The van der Waals surface area contributed by atoms with Crippen molar-refractivity contribution in [2.75, 3.05) is 18.0 Å². The highest BCUT2D eigenvalue weighted by Crippen LogP contribution is 2.41. The van der Waals surface area contributed by atoms with Gasteiger partial charge in [0.2, 0.25) is 0 Å². The van der Waals surface area contributed by atoms with Crippen LogP contribution in [0.2, 0.25) is 5.02 Å². The fourth-order valence-electron chi connectivity index (χ4n) is 2.86. The quantitative estimate of drug-likeness (QED) is 0.681. The second-order valence-electron chi connectivity index (χ2n) is 5.30. The Morgan fingerprint density at radius 3 is 2.56 bits per heavy atom. The van der Waals surface area contributed by atoms with Gasteiger partial charge in [0, 0.05) is 18.4 Å². The summed E-state index contributed by atoms with van der Waals surface area (Å²) in [6, 6.07) is 6.40. The van der Waals surface area contributed by atoms with Crippen LogP contribution in [0.15, 0.2) is 18.2 Å². The normalized spacial score (nSPS) is 18.3. The Morgan fingerprint density at radius 1 is 1.33 bits per heavy atom. The van der Waals surface area contributed by atoms with E-state index < -0.39 is 0 Å². The van der Waals surface area contributed by atoms with Crippen LogP contribution in [0.1, 0.15) is 38.7 Å². The Hall–Kier alpha value is -0.210. The summed E-state index contributed by atoms with van der Waals surface area (Å²) in [6.45, 7) is 6.90.